The molecule has 2 heterocycles. The summed E-state index contributed by atoms with van der Waals surface area (Å²) in [5.41, 5.74) is 1.13. The van der Waals surface area contributed by atoms with Crippen molar-refractivity contribution in [3.05, 3.63) is 53.6 Å². The van der Waals surface area contributed by atoms with Gasteiger partial charge < -0.3 is 74.0 Å². The Hall–Kier alpha value is -3.55. The topological polar surface area (TPSA) is 244 Å². The zero-order chi connectivity index (χ0) is 34.2. The maximum Gasteiger partial charge on any atom is 0.330 e. The lowest BCUT2D eigenvalue weighted by molar-refractivity contribution is -0.361. The van der Waals surface area contributed by atoms with Crippen LogP contribution < -0.4 is 4.74 Å². The van der Waals surface area contributed by atoms with E-state index in [0.717, 1.165) is 6.08 Å². The minimum atomic E-state index is -1.79. The molecule has 10 atom stereocenters. The largest absolute Gasteiger partial charge is 0.504 e. The van der Waals surface area contributed by atoms with Crippen LogP contribution in [0.25, 0.3) is 6.08 Å². The first-order valence-corrected chi connectivity index (χ1v) is 14.6. The molecule has 2 saturated heterocycles. The van der Waals surface area contributed by atoms with E-state index in [1.54, 1.807) is 12.1 Å². The normalized spacial score (nSPS) is 31.1. The number of carbonyl (C=O) groups excluding carboxylic acids is 1. The maximum atomic E-state index is 12.6. The van der Waals surface area contributed by atoms with Crippen LogP contribution in [0.4, 0.5) is 0 Å². The molecule has 2 aliphatic heterocycles. The number of phenols is 3. The van der Waals surface area contributed by atoms with E-state index in [-0.39, 0.29) is 36.0 Å². The van der Waals surface area contributed by atoms with Crippen molar-refractivity contribution in [2.24, 2.45) is 0 Å². The van der Waals surface area contributed by atoms with Crippen LogP contribution in [0, 0.1) is 0 Å². The molecule has 2 aromatic rings. The Morgan fingerprint density at radius 3 is 2.23 bits per heavy atom. The molecule has 0 aliphatic carbocycles. The number of phenolic OH excluding ortho intramolecular Hbond substituents is 3. The molecule has 2 aliphatic rings. The van der Waals surface area contributed by atoms with Gasteiger partial charge in [0, 0.05) is 13.2 Å². The molecule has 16 heteroatoms. The number of hydrogen-bond acceptors (Lipinski definition) is 16. The first-order valence-electron chi connectivity index (χ1n) is 14.6. The van der Waals surface area contributed by atoms with Crippen LogP contribution in [0.1, 0.15) is 11.1 Å². The number of rotatable bonds is 13. The molecule has 2 fully saturated rings. The number of aromatic hydroxyl groups is 3. The van der Waals surface area contributed by atoms with Crippen molar-refractivity contribution < 1.29 is 78.8 Å². The first kappa shape index (κ1) is 36.3. The molecule has 4 rings (SSSR count). The van der Waals surface area contributed by atoms with E-state index < -0.39 is 80.6 Å². The van der Waals surface area contributed by atoms with E-state index in [4.69, 9.17) is 33.2 Å². The molecule has 0 bridgehead atoms. The van der Waals surface area contributed by atoms with Gasteiger partial charge in [0.1, 0.15) is 55.4 Å². The van der Waals surface area contributed by atoms with Crippen molar-refractivity contribution in [3.8, 4) is 23.0 Å². The average Bonchev–Trinajstić information content (AvgIpc) is 3.06. The summed E-state index contributed by atoms with van der Waals surface area (Å²) in [5.74, 6) is -1.27. The number of esters is 1. The minimum Gasteiger partial charge on any atom is -0.504 e. The van der Waals surface area contributed by atoms with Gasteiger partial charge in [-0.2, -0.15) is 0 Å². The fraction of sp³-hybridized carbons (Fsp3) is 0.516. The van der Waals surface area contributed by atoms with Gasteiger partial charge in [-0.25, -0.2) is 4.79 Å². The number of carbonyl (C=O) groups is 1. The highest BCUT2D eigenvalue weighted by Gasteiger charge is 2.51. The summed E-state index contributed by atoms with van der Waals surface area (Å²) in [6.45, 7) is -1.19. The molecule has 0 amide bonds. The molecule has 0 saturated carbocycles. The molecule has 0 aromatic heterocycles. The van der Waals surface area contributed by atoms with E-state index in [1.165, 1.54) is 44.6 Å². The van der Waals surface area contributed by atoms with Crippen LogP contribution >= 0.6 is 0 Å². The van der Waals surface area contributed by atoms with Crippen LogP contribution in [0.2, 0.25) is 0 Å². The summed E-state index contributed by atoms with van der Waals surface area (Å²) in [4.78, 5) is 12.6. The Balaban J connectivity index is 1.49. The molecule has 0 spiro atoms. The Morgan fingerprint density at radius 1 is 0.830 bits per heavy atom. The average molecular weight is 669 g/mol. The molecule has 0 radical (unpaired) electrons. The fourth-order valence-corrected chi connectivity index (χ4v) is 5.13. The van der Waals surface area contributed by atoms with Gasteiger partial charge in [-0.05, 0) is 47.9 Å². The Labute approximate surface area is 269 Å². The smallest absolute Gasteiger partial charge is 0.330 e. The van der Waals surface area contributed by atoms with Crippen molar-refractivity contribution in [2.45, 2.75) is 67.8 Å². The predicted octanol–water partition coefficient (Wildman–Crippen LogP) is -1.09. The zero-order valence-corrected chi connectivity index (χ0v) is 25.6. The number of hydrogen-bond donors (Lipinski definition) is 8. The van der Waals surface area contributed by atoms with Crippen LogP contribution in [0.5, 0.6) is 23.0 Å². The third-order valence-corrected chi connectivity index (χ3v) is 7.74. The van der Waals surface area contributed by atoms with E-state index in [9.17, 15) is 45.6 Å². The van der Waals surface area contributed by atoms with E-state index in [1.807, 2.05) is 0 Å². The minimum absolute atomic E-state index is 0.0539. The number of aliphatic hydroxyl groups is 5. The van der Waals surface area contributed by atoms with Crippen molar-refractivity contribution >= 4 is 12.0 Å². The van der Waals surface area contributed by atoms with Crippen LogP contribution in [0.3, 0.4) is 0 Å². The molecule has 0 unspecified atom stereocenters. The van der Waals surface area contributed by atoms with Crippen molar-refractivity contribution in [3.63, 3.8) is 0 Å². The number of benzene rings is 2. The van der Waals surface area contributed by atoms with Crippen molar-refractivity contribution in [1.29, 1.82) is 0 Å². The summed E-state index contributed by atoms with van der Waals surface area (Å²) in [6.07, 6.45) is -12.0. The standard InChI is InChI=1S/C31H40O16/c1-41-20-12-15(4-7-18(20)34)5-8-23(36)44-14-22-28(42-2)29(47-31-26(39)25(38)24(37)21(13-32)45-31)27(40)30(46-22)43-10-9-16-3-6-17(33)19(35)11-16/h3-8,11-12,21-22,24-35,37-40H,9-10,13-14H2,1-2H3/b8-5+/t21-,22+,24+,25+,26-,27-,28+,29-,30+,31-/m0/s1. The van der Waals surface area contributed by atoms with Gasteiger partial charge >= 0.3 is 5.97 Å². The molecule has 8 N–H and O–H groups in total. The van der Waals surface area contributed by atoms with Gasteiger partial charge in [-0.15, -0.1) is 0 Å². The van der Waals surface area contributed by atoms with Crippen molar-refractivity contribution in [1.82, 2.24) is 0 Å². The number of methoxy groups -OCH3 is 2. The molecule has 260 valence electrons. The predicted molar refractivity (Wildman–Crippen MR) is 158 cm³/mol. The summed E-state index contributed by atoms with van der Waals surface area (Å²) < 4.78 is 39.0. The van der Waals surface area contributed by atoms with Gasteiger partial charge in [-0.1, -0.05) is 12.1 Å². The van der Waals surface area contributed by atoms with Crippen LogP contribution in [-0.2, 0) is 39.6 Å². The van der Waals surface area contributed by atoms with Gasteiger partial charge in [0.2, 0.25) is 0 Å². The number of aliphatic hydroxyl groups excluding tert-OH is 5. The lowest BCUT2D eigenvalue weighted by atomic mass is 9.96. The summed E-state index contributed by atoms with van der Waals surface area (Å²) >= 11 is 0. The number of ether oxygens (including phenoxy) is 7. The second-order valence-corrected chi connectivity index (χ2v) is 10.9. The van der Waals surface area contributed by atoms with E-state index in [0.29, 0.717) is 11.1 Å². The SMILES string of the molecule is COc1cc(/C=C/C(=O)OC[C@H]2O[C@@H](OCCc3ccc(O)c(O)c3)[C@@H](O)[C@H](O[C@@H]3O[C@@H](CO)[C@@H](O)[C@@H](O)[C@@H]3O)[C@@H]2OC)ccc1O. The summed E-state index contributed by atoms with van der Waals surface area (Å²) in [7, 11) is 2.66. The molecule has 47 heavy (non-hydrogen) atoms. The van der Waals surface area contributed by atoms with Gasteiger partial charge in [-0.3, -0.25) is 0 Å². The second-order valence-electron chi connectivity index (χ2n) is 10.9. The van der Waals surface area contributed by atoms with Gasteiger partial charge in [0.15, 0.2) is 35.6 Å². The second kappa shape index (κ2) is 16.5. The summed E-state index contributed by atoms with van der Waals surface area (Å²) in [5, 5.41) is 80.9. The Morgan fingerprint density at radius 2 is 1.55 bits per heavy atom. The first-order chi connectivity index (χ1) is 22.5. The van der Waals surface area contributed by atoms with Gasteiger partial charge in [0.05, 0.1) is 20.3 Å². The lowest BCUT2D eigenvalue weighted by Crippen LogP contribution is -2.65. The highest BCUT2D eigenvalue weighted by atomic mass is 16.7. The van der Waals surface area contributed by atoms with Crippen LogP contribution in [-0.4, -0.2) is 142 Å². The van der Waals surface area contributed by atoms with E-state index >= 15 is 0 Å². The third kappa shape index (κ3) is 8.88. The zero-order valence-electron chi connectivity index (χ0n) is 25.6. The van der Waals surface area contributed by atoms with Crippen LogP contribution in [0.15, 0.2) is 42.5 Å². The quantitative estimate of drug-likeness (QED) is 0.0718. The molecule has 2 aromatic carbocycles. The molecule has 16 nitrogen and oxygen atoms in total. The lowest BCUT2D eigenvalue weighted by Gasteiger charge is -2.46. The molecular weight excluding hydrogens is 628 g/mol. The fourth-order valence-electron chi connectivity index (χ4n) is 5.13. The van der Waals surface area contributed by atoms with Crippen molar-refractivity contribution in [2.75, 3.05) is 34.0 Å². The van der Waals surface area contributed by atoms with Gasteiger partial charge in [0.25, 0.3) is 0 Å². The van der Waals surface area contributed by atoms with E-state index in [2.05, 4.69) is 0 Å². The highest BCUT2D eigenvalue weighted by Crippen LogP contribution is 2.32. The molecular formula is C31H40O16. The highest BCUT2D eigenvalue weighted by molar-refractivity contribution is 5.87. The Kier molecular flexibility index (Phi) is 12.8. The maximum absolute atomic E-state index is 12.6. The summed E-state index contributed by atoms with van der Waals surface area (Å²) in [6, 6.07) is 8.67. The monoisotopic (exact) mass is 668 g/mol. The third-order valence-electron chi connectivity index (χ3n) is 7.74. The Bertz CT molecular complexity index is 1350.